The van der Waals surface area contributed by atoms with Crippen molar-refractivity contribution in [2.45, 2.75) is 26.4 Å². The predicted molar refractivity (Wildman–Crippen MR) is 159 cm³/mol. The molecule has 2 N–H and O–H groups in total. The van der Waals surface area contributed by atoms with E-state index in [1.165, 1.54) is 0 Å². The number of rotatable bonds is 9. The van der Waals surface area contributed by atoms with E-state index in [2.05, 4.69) is 21.4 Å². The van der Waals surface area contributed by atoms with Gasteiger partial charge in [0.1, 0.15) is 18.3 Å². The van der Waals surface area contributed by atoms with Crippen molar-refractivity contribution in [1.82, 2.24) is 4.98 Å². The van der Waals surface area contributed by atoms with Crippen LogP contribution in [-0.4, -0.2) is 64.2 Å². The predicted octanol–water partition coefficient (Wildman–Crippen LogP) is 4.34. The lowest BCUT2D eigenvalue weighted by molar-refractivity contribution is -0.142. The largest absolute Gasteiger partial charge is 0.466 e. The van der Waals surface area contributed by atoms with E-state index in [4.69, 9.17) is 15.7 Å². The molecule has 1 aromatic carbocycles. The molecular weight excluding hydrogens is 492 g/mol. The lowest BCUT2D eigenvalue weighted by Gasteiger charge is -2.26. The van der Waals surface area contributed by atoms with Gasteiger partial charge in [0.05, 0.1) is 30.5 Å². The minimum atomic E-state index is -0.166. The van der Waals surface area contributed by atoms with E-state index in [-0.39, 0.29) is 12.1 Å². The number of benzene rings is 1. The summed E-state index contributed by atoms with van der Waals surface area (Å²) in [6, 6.07) is 13.4. The van der Waals surface area contributed by atoms with Crippen molar-refractivity contribution in [1.29, 1.82) is 5.26 Å². The van der Waals surface area contributed by atoms with E-state index in [0.717, 1.165) is 23.5 Å². The Bertz CT molecular complexity index is 1160. The molecule has 1 atom stereocenters. The molecule has 0 fully saturated rings. The Hall–Kier alpha value is -4.42. The number of nitriles is 1. The first-order valence-electron chi connectivity index (χ1n) is 12.7. The number of hydrogen-bond acceptors (Lipinski definition) is 9. The van der Waals surface area contributed by atoms with Crippen LogP contribution in [0.2, 0.25) is 0 Å². The van der Waals surface area contributed by atoms with Gasteiger partial charge >= 0.3 is 5.97 Å². The number of carbonyl (C=O) groups excluding carboxylic acids is 2. The van der Waals surface area contributed by atoms with Crippen LogP contribution in [0.25, 0.3) is 0 Å². The molecule has 1 aliphatic rings. The number of aromatic nitrogens is 1. The van der Waals surface area contributed by atoms with Crippen LogP contribution in [-0.2, 0) is 9.53 Å². The normalized spacial score (nSPS) is 13.8. The van der Waals surface area contributed by atoms with Gasteiger partial charge in [-0.2, -0.15) is 5.26 Å². The highest BCUT2D eigenvalue weighted by molar-refractivity contribution is 5.85. The highest BCUT2D eigenvalue weighted by atomic mass is 16.5. The first-order chi connectivity index (χ1) is 18.8. The summed E-state index contributed by atoms with van der Waals surface area (Å²) in [4.78, 5) is 32.1. The van der Waals surface area contributed by atoms with E-state index in [1.807, 2.05) is 75.4 Å². The molecule has 9 heteroatoms. The Labute approximate surface area is 232 Å². The number of pyridine rings is 1. The SMILES string of the molecule is C=C/C=C\C(C#N)=C/C.CCOC(=O)CCN(C)c1ccccn1.CN1c2ccc(C=O)cc2N(C)C1CN. The van der Waals surface area contributed by atoms with Crippen LogP contribution >= 0.6 is 0 Å². The van der Waals surface area contributed by atoms with Gasteiger partial charge in [-0.05, 0) is 50.3 Å². The van der Waals surface area contributed by atoms with Gasteiger partial charge in [0.15, 0.2) is 0 Å². The van der Waals surface area contributed by atoms with Crippen molar-refractivity contribution in [2.75, 3.05) is 55.5 Å². The molecule has 0 amide bonds. The van der Waals surface area contributed by atoms with Gasteiger partial charge in [-0.25, -0.2) is 4.98 Å². The van der Waals surface area contributed by atoms with Crippen LogP contribution in [0.4, 0.5) is 17.2 Å². The third-order valence-corrected chi connectivity index (χ3v) is 5.85. The summed E-state index contributed by atoms with van der Waals surface area (Å²) in [5.41, 5.74) is 9.27. The van der Waals surface area contributed by atoms with E-state index in [9.17, 15) is 9.59 Å². The van der Waals surface area contributed by atoms with Crippen molar-refractivity contribution in [3.8, 4) is 6.07 Å². The number of likely N-dealkylation sites (N-methyl/N-ethyl adjacent to an activating group) is 2. The summed E-state index contributed by atoms with van der Waals surface area (Å²) in [7, 11) is 5.91. The van der Waals surface area contributed by atoms with E-state index >= 15 is 0 Å². The molecule has 0 aliphatic carbocycles. The Kier molecular flexibility index (Phi) is 15.0. The van der Waals surface area contributed by atoms with Crippen molar-refractivity contribution >= 4 is 29.4 Å². The first-order valence-corrected chi connectivity index (χ1v) is 12.7. The molecule has 0 saturated heterocycles. The number of aldehydes is 1. The second-order valence-corrected chi connectivity index (χ2v) is 8.42. The molecule has 0 bridgehead atoms. The van der Waals surface area contributed by atoms with Crippen LogP contribution in [0.1, 0.15) is 30.6 Å². The zero-order valence-electron chi connectivity index (χ0n) is 23.6. The molecule has 0 spiro atoms. The zero-order valence-corrected chi connectivity index (χ0v) is 23.6. The summed E-state index contributed by atoms with van der Waals surface area (Å²) in [5.74, 6) is 0.696. The maximum Gasteiger partial charge on any atom is 0.307 e. The topological polar surface area (TPSA) is 116 Å². The summed E-state index contributed by atoms with van der Waals surface area (Å²) in [6.07, 6.45) is 10.0. The lowest BCUT2D eigenvalue weighted by atomic mass is 10.2. The van der Waals surface area contributed by atoms with Crippen molar-refractivity contribution in [3.05, 3.63) is 84.6 Å². The molecule has 3 rings (SSSR count). The number of fused-ring (bicyclic) bond motifs is 1. The summed E-state index contributed by atoms with van der Waals surface area (Å²) in [5, 5.41) is 8.35. The number of ether oxygens (including phenoxy) is 1. The Morgan fingerprint density at radius 3 is 2.51 bits per heavy atom. The molecule has 0 radical (unpaired) electrons. The van der Waals surface area contributed by atoms with E-state index < -0.39 is 0 Å². The zero-order chi connectivity index (χ0) is 29.2. The number of nitrogens with zero attached hydrogens (tertiary/aromatic N) is 5. The maximum atomic E-state index is 11.1. The molecule has 2 heterocycles. The van der Waals surface area contributed by atoms with Crippen molar-refractivity contribution in [2.24, 2.45) is 5.73 Å². The molecule has 208 valence electrons. The van der Waals surface area contributed by atoms with Gasteiger partial charge in [0.25, 0.3) is 0 Å². The fraction of sp³-hybridized carbons (Fsp3) is 0.333. The molecule has 0 saturated carbocycles. The summed E-state index contributed by atoms with van der Waals surface area (Å²) in [6.45, 7) is 8.73. The average molecular weight is 533 g/mol. The number of nitrogens with two attached hydrogens (primary N) is 1. The number of hydrogen-bond donors (Lipinski definition) is 1. The van der Waals surface area contributed by atoms with Crippen molar-refractivity contribution < 1.29 is 14.3 Å². The Morgan fingerprint density at radius 1 is 1.26 bits per heavy atom. The summed E-state index contributed by atoms with van der Waals surface area (Å²) >= 11 is 0. The van der Waals surface area contributed by atoms with Gasteiger partial charge in [-0.3, -0.25) is 9.59 Å². The monoisotopic (exact) mass is 532 g/mol. The highest BCUT2D eigenvalue weighted by Gasteiger charge is 2.29. The Morgan fingerprint density at radius 2 is 1.97 bits per heavy atom. The second-order valence-electron chi connectivity index (χ2n) is 8.42. The number of allylic oxidation sites excluding steroid dienone is 5. The third-order valence-electron chi connectivity index (χ3n) is 5.85. The average Bonchev–Trinajstić information content (AvgIpc) is 3.21. The second kappa shape index (κ2) is 17.9. The third kappa shape index (κ3) is 10.5. The molecular formula is C30H40N6O3. The Balaban J connectivity index is 0.000000304. The quantitative estimate of drug-likeness (QED) is 0.218. The van der Waals surface area contributed by atoms with Crippen LogP contribution in [0.15, 0.2) is 79.1 Å². The van der Waals surface area contributed by atoms with E-state index in [1.54, 1.807) is 37.4 Å². The molecule has 39 heavy (non-hydrogen) atoms. The number of carbonyl (C=O) groups is 2. The van der Waals surface area contributed by atoms with Gasteiger partial charge < -0.3 is 25.2 Å². The standard InChI is InChI=1S/C11H15N3O.C11H16N2O2.C8H9N/c1-13-9-4-3-8(7-15)5-10(9)14(2)11(13)6-12;1-3-15-11(14)7-9-13(2)10-6-4-5-8-12-10;1-3-5-6-8(4-2)7-9/h3-5,7,11H,6,12H2,1-2H3;4-6,8H,3,7,9H2,1-2H3;3-6H,1H2,2H3/b;;6-5-,8-4+. The minimum absolute atomic E-state index is 0.166. The van der Waals surface area contributed by atoms with E-state index in [0.29, 0.717) is 37.3 Å². The summed E-state index contributed by atoms with van der Waals surface area (Å²) < 4.78 is 4.84. The van der Waals surface area contributed by atoms with Crippen LogP contribution in [0.3, 0.4) is 0 Å². The first kappa shape index (κ1) is 32.6. The molecule has 2 aromatic rings. The number of esters is 1. The molecule has 9 nitrogen and oxygen atoms in total. The molecule has 1 aromatic heterocycles. The van der Waals surface area contributed by atoms with Gasteiger partial charge in [-0.1, -0.05) is 30.9 Å². The van der Waals surface area contributed by atoms with Crippen molar-refractivity contribution in [3.63, 3.8) is 0 Å². The molecule has 1 aliphatic heterocycles. The van der Waals surface area contributed by atoms with Crippen LogP contribution in [0, 0.1) is 11.3 Å². The van der Waals surface area contributed by atoms with Gasteiger partial charge in [0.2, 0.25) is 0 Å². The fourth-order valence-electron chi connectivity index (χ4n) is 3.65. The van der Waals surface area contributed by atoms with Gasteiger partial charge in [0, 0.05) is 51.6 Å². The van der Waals surface area contributed by atoms with Crippen LogP contribution in [0.5, 0.6) is 0 Å². The molecule has 1 unspecified atom stereocenters. The lowest BCUT2D eigenvalue weighted by Crippen LogP contribution is -2.44. The number of anilines is 3. The fourth-order valence-corrected chi connectivity index (χ4v) is 3.65. The smallest absolute Gasteiger partial charge is 0.307 e. The maximum absolute atomic E-state index is 11.1. The van der Waals surface area contributed by atoms with Gasteiger partial charge in [-0.15, -0.1) is 0 Å². The van der Waals surface area contributed by atoms with Crippen LogP contribution < -0.4 is 20.4 Å². The minimum Gasteiger partial charge on any atom is -0.466 e. The highest BCUT2D eigenvalue weighted by Crippen LogP contribution is 2.37.